The maximum Gasteiger partial charge on any atom is 0.208 e. The number of rotatable bonds is 7. The average molecular weight is 949 g/mol. The molecule has 358 valence electrons. The molecule has 11 rings (SSSR count). The summed E-state index contributed by atoms with van der Waals surface area (Å²) in [5.74, 6) is -11.5. The van der Waals surface area contributed by atoms with Crippen molar-refractivity contribution in [1.29, 1.82) is 0 Å². The van der Waals surface area contributed by atoms with Crippen LogP contribution in [-0.4, -0.2) is 142 Å². The molecule has 2 saturated carbocycles. The largest absolute Gasteiger partial charge is 0.508 e. The predicted molar refractivity (Wildman–Crippen MR) is 242 cm³/mol. The van der Waals surface area contributed by atoms with E-state index in [1.165, 1.54) is 4.57 Å². The van der Waals surface area contributed by atoms with Gasteiger partial charge in [0.15, 0.2) is 23.0 Å². The predicted octanol–water partition coefficient (Wildman–Crippen LogP) is 3.86. The number of aliphatic hydroxyl groups excluding tert-OH is 9. The Hall–Kier alpha value is -7.08. The van der Waals surface area contributed by atoms with Crippen LogP contribution in [0, 0.1) is 11.8 Å². The van der Waals surface area contributed by atoms with Crippen LogP contribution < -0.4 is 0 Å². The fourth-order valence-corrected chi connectivity index (χ4v) is 11.2. The first-order chi connectivity index (χ1) is 33.1. The van der Waals surface area contributed by atoms with E-state index in [1.54, 1.807) is 36.4 Å². The number of aromatic hydroxyl groups is 5. The first-order valence-electron chi connectivity index (χ1n) is 21.7. The number of allylic oxidation sites excluding steroid dienone is 1. The summed E-state index contributed by atoms with van der Waals surface area (Å²) < 4.78 is 3.31. The van der Waals surface area contributed by atoms with Crippen LogP contribution in [0.4, 0.5) is 0 Å². The fraction of sp³-hybridized carbons (Fsp3) is 0.265. The first kappa shape index (κ1) is 44.4. The van der Waals surface area contributed by atoms with E-state index in [4.69, 9.17) is 19.6 Å². The molecule has 14 N–H and O–H groups in total. The lowest BCUT2D eigenvalue weighted by molar-refractivity contribution is -0.518. The molecule has 2 saturated heterocycles. The highest BCUT2D eigenvalue weighted by Crippen LogP contribution is 2.56. The van der Waals surface area contributed by atoms with Crippen LogP contribution in [0.3, 0.4) is 0 Å². The monoisotopic (exact) mass is 948 g/mol. The molecule has 5 aromatic carbocycles. The van der Waals surface area contributed by atoms with Gasteiger partial charge in [-0.1, -0.05) is 55.1 Å². The number of nitrogens with zero attached hydrogens (tertiary/aromatic N) is 2. The third kappa shape index (κ3) is 6.18. The van der Waals surface area contributed by atoms with E-state index in [0.29, 0.717) is 32.8 Å². The normalized spacial score (nSPS) is 29.5. The molecule has 4 aliphatic rings. The second-order valence-corrected chi connectivity index (χ2v) is 17.8. The number of phenols is 5. The Morgan fingerprint density at radius 3 is 1.49 bits per heavy atom. The summed E-state index contributed by atoms with van der Waals surface area (Å²) in [6, 6.07) is 24.5. The topological polar surface area (TPSA) is 330 Å². The zero-order valence-electron chi connectivity index (χ0n) is 35.7. The lowest BCUT2D eigenvalue weighted by Crippen LogP contribution is -2.75. The van der Waals surface area contributed by atoms with Crippen molar-refractivity contribution in [2.75, 3.05) is 6.61 Å². The number of para-hydroxylation sites is 2. The highest BCUT2D eigenvalue weighted by molar-refractivity contribution is 6.13. The molecule has 2 aliphatic carbocycles. The van der Waals surface area contributed by atoms with Crippen LogP contribution in [0.1, 0.15) is 11.6 Å². The second kappa shape index (κ2) is 16.0. The summed E-state index contributed by atoms with van der Waals surface area (Å²) in [5, 5.41) is 155. The molecule has 2 aromatic heterocycles. The number of aliphatic hydroxyl groups is 9. The van der Waals surface area contributed by atoms with Gasteiger partial charge in [-0.3, -0.25) is 0 Å². The lowest BCUT2D eigenvalue weighted by atomic mass is 9.62. The van der Waals surface area contributed by atoms with Gasteiger partial charge in [0, 0.05) is 44.4 Å². The van der Waals surface area contributed by atoms with Gasteiger partial charge in [0.2, 0.25) is 17.2 Å². The summed E-state index contributed by atoms with van der Waals surface area (Å²) in [6.45, 7) is 2.38. The molecule has 0 spiro atoms. The van der Waals surface area contributed by atoms with Crippen molar-refractivity contribution in [2.24, 2.45) is 11.8 Å². The van der Waals surface area contributed by atoms with E-state index < -0.39 is 137 Å². The molecule has 20 nitrogen and oxygen atoms in total. The van der Waals surface area contributed by atoms with Crippen molar-refractivity contribution in [3.63, 3.8) is 0 Å². The highest BCUT2D eigenvalue weighted by Gasteiger charge is 2.68. The number of benzene rings is 5. The maximum atomic E-state index is 11.9. The SMILES string of the molecule is C=C(O)/C(=C(O)\C(O)=C(/CO)n1c2ccccc2c2cc(-c3ccc4c(c3)c3ccccc3n4C3C(O)C(O)C4OOC5C(O)C(O)C(O)C6OOC3C4C56)ccc21)c1c(O)c(O)c(O)c(O)c1O. The number of fused-ring (bicyclic) bond motifs is 6. The Morgan fingerprint density at radius 2 is 0.928 bits per heavy atom. The van der Waals surface area contributed by atoms with Crippen molar-refractivity contribution >= 4 is 54.9 Å². The smallest absolute Gasteiger partial charge is 0.208 e. The lowest BCUT2D eigenvalue weighted by Gasteiger charge is -2.59. The molecule has 0 amide bonds. The van der Waals surface area contributed by atoms with E-state index in [2.05, 4.69) is 6.58 Å². The Kier molecular flexibility index (Phi) is 10.3. The second-order valence-electron chi connectivity index (χ2n) is 17.8. The molecule has 69 heavy (non-hydrogen) atoms. The van der Waals surface area contributed by atoms with E-state index in [-0.39, 0.29) is 5.70 Å². The minimum atomic E-state index is -1.63. The van der Waals surface area contributed by atoms with E-state index in [0.717, 1.165) is 21.9 Å². The average Bonchev–Trinajstić information content (AvgIpc) is 3.86. The van der Waals surface area contributed by atoms with Gasteiger partial charge in [0.1, 0.15) is 60.7 Å². The number of phenolic OH excluding ortho intramolecular Hbond substituents is 5. The minimum absolute atomic E-state index is 0.355. The van der Waals surface area contributed by atoms with E-state index in [9.17, 15) is 71.5 Å². The van der Waals surface area contributed by atoms with Crippen LogP contribution in [0.2, 0.25) is 0 Å². The molecule has 4 fully saturated rings. The quantitative estimate of drug-likeness (QED) is 0.0355. The number of hydrogen-bond acceptors (Lipinski definition) is 18. The van der Waals surface area contributed by atoms with Crippen molar-refractivity contribution in [1.82, 2.24) is 9.13 Å². The molecule has 12 unspecified atom stereocenters. The maximum absolute atomic E-state index is 11.9. The van der Waals surface area contributed by atoms with Gasteiger partial charge in [0.25, 0.3) is 0 Å². The molecule has 4 heterocycles. The van der Waals surface area contributed by atoms with E-state index >= 15 is 0 Å². The molecule has 0 radical (unpaired) electrons. The molecule has 20 heteroatoms. The van der Waals surface area contributed by atoms with Crippen molar-refractivity contribution in [2.45, 2.75) is 61.0 Å². The minimum Gasteiger partial charge on any atom is -0.508 e. The van der Waals surface area contributed by atoms with E-state index in [1.807, 2.05) is 53.1 Å². The summed E-state index contributed by atoms with van der Waals surface area (Å²) in [6.07, 6.45) is -12.2. The summed E-state index contributed by atoms with van der Waals surface area (Å²) in [5.41, 5.74) is 1.30. The third-order valence-corrected chi connectivity index (χ3v) is 14.3. The van der Waals surface area contributed by atoms with Crippen LogP contribution in [0.5, 0.6) is 28.7 Å². The molecule has 12 atom stereocenters. The Bertz CT molecular complexity index is 3320. The molecule has 0 bridgehead atoms. The van der Waals surface area contributed by atoms with Crippen LogP contribution in [0.15, 0.2) is 109 Å². The van der Waals surface area contributed by atoms with Gasteiger partial charge in [-0.05, 0) is 47.5 Å². The van der Waals surface area contributed by atoms with Crippen molar-refractivity contribution in [3.05, 3.63) is 114 Å². The Labute approximate surface area is 387 Å². The fourth-order valence-electron chi connectivity index (χ4n) is 11.2. The van der Waals surface area contributed by atoms with Crippen LogP contribution in [-0.2, 0) is 19.6 Å². The molecular weight excluding hydrogens is 905 g/mol. The van der Waals surface area contributed by atoms with Gasteiger partial charge in [-0.2, -0.15) is 0 Å². The third-order valence-electron chi connectivity index (χ3n) is 14.3. The molecule has 7 aromatic rings. The first-order valence-corrected chi connectivity index (χ1v) is 21.7. The highest BCUT2D eigenvalue weighted by atomic mass is 17.2. The van der Waals surface area contributed by atoms with Gasteiger partial charge in [-0.25, -0.2) is 19.6 Å². The molecule has 2 aliphatic heterocycles. The summed E-state index contributed by atoms with van der Waals surface area (Å²) in [7, 11) is 0. The Balaban J connectivity index is 1.03. The van der Waals surface area contributed by atoms with Gasteiger partial charge >= 0.3 is 0 Å². The standard InChI is InChI=1S/C49H44N2O18/c1-17(53)29(30-36(56)39(59)41(61)40(60)37(30)57)35(55)34(54)28(16-52)50-24-8-4-2-6-20(24)22-14-18(10-12-26(22)50)19-11-13-27-23(15-19)21-7-3-5-9-25(21)51(27)33-38(58)43(63)47-31-32-48(67-66-46(31)33)44(64)42(62)45(65)49(32)69-68-47/h2-15,31-33,38,42-49,52-65H,1,16H2/b34-28-,35-29-. The summed E-state index contributed by atoms with van der Waals surface area (Å²) in [4.78, 5) is 22.9. The van der Waals surface area contributed by atoms with Gasteiger partial charge in [0.05, 0.1) is 40.5 Å². The molecular formula is C49H44N2O18. The summed E-state index contributed by atoms with van der Waals surface area (Å²) >= 11 is 0. The van der Waals surface area contributed by atoms with Crippen LogP contribution >= 0.6 is 0 Å². The Morgan fingerprint density at radius 1 is 0.493 bits per heavy atom. The zero-order valence-corrected chi connectivity index (χ0v) is 35.7. The van der Waals surface area contributed by atoms with Crippen LogP contribution in [0.25, 0.3) is 66.0 Å². The van der Waals surface area contributed by atoms with Gasteiger partial charge in [-0.15, -0.1) is 0 Å². The zero-order chi connectivity index (χ0) is 48.6. The van der Waals surface area contributed by atoms with Gasteiger partial charge < -0.3 is 80.6 Å². The van der Waals surface area contributed by atoms with Crippen molar-refractivity contribution < 1.29 is 91.0 Å². The number of aromatic nitrogens is 2. The van der Waals surface area contributed by atoms with Crippen molar-refractivity contribution in [3.8, 4) is 39.9 Å². The number of hydrogen-bond donors (Lipinski definition) is 14.